The van der Waals surface area contributed by atoms with Gasteiger partial charge in [-0.3, -0.25) is 0 Å². The fourth-order valence-electron chi connectivity index (χ4n) is 3.86. The van der Waals surface area contributed by atoms with E-state index in [2.05, 4.69) is 24.5 Å². The highest BCUT2D eigenvalue weighted by Gasteiger charge is 2.26. The molecule has 3 aromatic rings. The Morgan fingerprint density at radius 3 is 2.69 bits per heavy atom. The Bertz CT molecular complexity index is 1190. The number of esters is 1. The van der Waals surface area contributed by atoms with E-state index in [1.54, 1.807) is 6.08 Å². The number of carbonyl (C=O) groups excluding carboxylic acids is 1. The van der Waals surface area contributed by atoms with Crippen molar-refractivity contribution in [1.82, 2.24) is 4.57 Å². The van der Waals surface area contributed by atoms with Gasteiger partial charge in [0.15, 0.2) is 0 Å². The number of hydrogen-bond acceptors (Lipinski definition) is 4. The molecule has 2 aromatic heterocycles. The molecule has 29 heavy (non-hydrogen) atoms. The molecular formula is C24H25NO4. The standard InChI is InChI=1S/C24H25NO4/c1-14-5-9-21-19(12-23(27)29-24(21)16(14)3)13-28-22(26)10-6-18-11-15(2)25(17(18)4)20-7-8-20/h5-6,9-12,20H,7-8,13H2,1-4H3/b10-6+. The maximum Gasteiger partial charge on any atom is 0.336 e. The number of aryl methyl sites for hydroxylation is 3. The minimum absolute atomic E-state index is 0.0227. The molecule has 0 bridgehead atoms. The number of ether oxygens (including phenoxy) is 1. The minimum atomic E-state index is -0.444. The van der Waals surface area contributed by atoms with Crippen LogP contribution in [0.4, 0.5) is 0 Å². The van der Waals surface area contributed by atoms with E-state index >= 15 is 0 Å². The number of carbonyl (C=O) groups is 1. The monoisotopic (exact) mass is 391 g/mol. The van der Waals surface area contributed by atoms with Crippen molar-refractivity contribution < 1.29 is 13.9 Å². The van der Waals surface area contributed by atoms with Crippen molar-refractivity contribution in [1.29, 1.82) is 0 Å². The van der Waals surface area contributed by atoms with Crippen molar-refractivity contribution in [2.45, 2.75) is 53.2 Å². The number of nitrogens with zero attached hydrogens (tertiary/aromatic N) is 1. The first-order chi connectivity index (χ1) is 13.8. The summed E-state index contributed by atoms with van der Waals surface area (Å²) >= 11 is 0. The molecule has 0 unspecified atom stereocenters. The van der Waals surface area contributed by atoms with Crippen LogP contribution in [0.1, 0.15) is 52.5 Å². The summed E-state index contributed by atoms with van der Waals surface area (Å²) in [5.74, 6) is -0.438. The second kappa shape index (κ2) is 7.39. The minimum Gasteiger partial charge on any atom is -0.458 e. The molecule has 5 nitrogen and oxygen atoms in total. The molecule has 1 aromatic carbocycles. The van der Waals surface area contributed by atoms with Crippen molar-refractivity contribution in [2.75, 3.05) is 0 Å². The van der Waals surface area contributed by atoms with Crippen LogP contribution in [0.25, 0.3) is 17.0 Å². The molecule has 0 N–H and O–H groups in total. The van der Waals surface area contributed by atoms with E-state index in [9.17, 15) is 9.59 Å². The van der Waals surface area contributed by atoms with Crippen LogP contribution < -0.4 is 5.63 Å². The molecule has 0 aliphatic heterocycles. The summed E-state index contributed by atoms with van der Waals surface area (Å²) in [6.45, 7) is 8.07. The summed E-state index contributed by atoms with van der Waals surface area (Å²) in [7, 11) is 0. The molecule has 150 valence electrons. The third-order valence-electron chi connectivity index (χ3n) is 5.72. The second-order valence-electron chi connectivity index (χ2n) is 7.84. The molecule has 0 radical (unpaired) electrons. The van der Waals surface area contributed by atoms with Crippen LogP contribution in [0.5, 0.6) is 0 Å². The molecule has 5 heteroatoms. The van der Waals surface area contributed by atoms with Gasteiger partial charge in [-0.25, -0.2) is 9.59 Å². The van der Waals surface area contributed by atoms with E-state index in [1.807, 2.05) is 26.0 Å². The Labute approximate surface area is 169 Å². The van der Waals surface area contributed by atoms with Gasteiger partial charge in [0.05, 0.1) is 0 Å². The van der Waals surface area contributed by atoms with Gasteiger partial charge in [-0.1, -0.05) is 12.1 Å². The molecule has 0 spiro atoms. The van der Waals surface area contributed by atoms with E-state index in [0.29, 0.717) is 17.2 Å². The SMILES string of the molecule is Cc1ccc2c(COC(=O)/C=C/c3cc(C)n(C4CC4)c3C)cc(=O)oc2c1C. The highest BCUT2D eigenvalue weighted by atomic mass is 16.5. The van der Waals surface area contributed by atoms with Gasteiger partial charge in [0.2, 0.25) is 0 Å². The molecule has 0 atom stereocenters. The van der Waals surface area contributed by atoms with Crippen LogP contribution in [0.2, 0.25) is 0 Å². The predicted octanol–water partition coefficient (Wildman–Crippen LogP) is 4.92. The van der Waals surface area contributed by atoms with Crippen molar-refractivity contribution >= 4 is 23.0 Å². The maximum absolute atomic E-state index is 12.3. The van der Waals surface area contributed by atoms with Crippen LogP contribution in [0.3, 0.4) is 0 Å². The quantitative estimate of drug-likeness (QED) is 0.352. The summed E-state index contributed by atoms with van der Waals surface area (Å²) < 4.78 is 13.1. The Morgan fingerprint density at radius 2 is 1.97 bits per heavy atom. The molecular weight excluding hydrogens is 366 g/mol. The smallest absolute Gasteiger partial charge is 0.336 e. The van der Waals surface area contributed by atoms with E-state index in [0.717, 1.165) is 22.1 Å². The van der Waals surface area contributed by atoms with Gasteiger partial charge in [-0.2, -0.15) is 0 Å². The summed E-state index contributed by atoms with van der Waals surface area (Å²) in [5, 5.41) is 0.789. The molecule has 1 fully saturated rings. The molecule has 0 saturated heterocycles. The third-order valence-corrected chi connectivity index (χ3v) is 5.72. The normalized spacial score (nSPS) is 14.1. The van der Waals surface area contributed by atoms with Crippen molar-refractivity contribution in [3.8, 4) is 0 Å². The molecule has 2 heterocycles. The van der Waals surface area contributed by atoms with Gasteiger partial charge >= 0.3 is 11.6 Å². The van der Waals surface area contributed by atoms with Crippen LogP contribution in [-0.4, -0.2) is 10.5 Å². The lowest BCUT2D eigenvalue weighted by molar-refractivity contribution is -0.138. The van der Waals surface area contributed by atoms with Crippen molar-refractivity contribution in [3.63, 3.8) is 0 Å². The molecule has 0 amide bonds. The van der Waals surface area contributed by atoms with E-state index in [-0.39, 0.29) is 6.61 Å². The zero-order valence-corrected chi connectivity index (χ0v) is 17.2. The number of aromatic nitrogens is 1. The van der Waals surface area contributed by atoms with Gasteiger partial charge in [-0.15, -0.1) is 0 Å². The lowest BCUT2D eigenvalue weighted by Gasteiger charge is -2.09. The third kappa shape index (κ3) is 3.77. The first-order valence-electron chi connectivity index (χ1n) is 9.91. The van der Waals surface area contributed by atoms with Crippen LogP contribution in [0, 0.1) is 27.7 Å². The topological polar surface area (TPSA) is 61.4 Å². The number of hydrogen-bond donors (Lipinski definition) is 0. The van der Waals surface area contributed by atoms with E-state index < -0.39 is 11.6 Å². The Hall–Kier alpha value is -3.08. The zero-order valence-electron chi connectivity index (χ0n) is 17.2. The highest BCUT2D eigenvalue weighted by Crippen LogP contribution is 2.38. The van der Waals surface area contributed by atoms with Gasteiger partial charge in [0.25, 0.3) is 0 Å². The lowest BCUT2D eigenvalue weighted by Crippen LogP contribution is -2.06. The van der Waals surface area contributed by atoms with Crippen molar-refractivity contribution in [2.24, 2.45) is 0 Å². The van der Waals surface area contributed by atoms with Crippen LogP contribution in [-0.2, 0) is 16.1 Å². The molecule has 4 rings (SSSR count). The van der Waals surface area contributed by atoms with Crippen LogP contribution >= 0.6 is 0 Å². The van der Waals surface area contributed by atoms with Gasteiger partial charge in [0.1, 0.15) is 12.2 Å². The average Bonchev–Trinajstić information content (AvgIpc) is 3.47. The first-order valence-corrected chi connectivity index (χ1v) is 9.91. The van der Waals surface area contributed by atoms with E-state index in [4.69, 9.17) is 9.15 Å². The van der Waals surface area contributed by atoms with E-state index in [1.165, 1.54) is 36.4 Å². The maximum atomic E-state index is 12.3. The Morgan fingerprint density at radius 1 is 1.21 bits per heavy atom. The van der Waals surface area contributed by atoms with Crippen molar-refractivity contribution in [3.05, 3.63) is 74.4 Å². The fraction of sp³-hybridized carbons (Fsp3) is 0.333. The number of benzene rings is 1. The molecule has 1 saturated carbocycles. The zero-order chi connectivity index (χ0) is 20.7. The summed E-state index contributed by atoms with van der Waals surface area (Å²) in [5.41, 5.74) is 6.13. The number of rotatable bonds is 5. The lowest BCUT2D eigenvalue weighted by atomic mass is 10.0. The summed E-state index contributed by atoms with van der Waals surface area (Å²) in [6, 6.07) is 7.95. The Kier molecular flexibility index (Phi) is 4.91. The van der Waals surface area contributed by atoms with Crippen LogP contribution in [0.15, 0.2) is 39.6 Å². The van der Waals surface area contributed by atoms with Gasteiger partial charge < -0.3 is 13.7 Å². The predicted molar refractivity (Wildman–Crippen MR) is 113 cm³/mol. The Balaban J connectivity index is 1.51. The highest BCUT2D eigenvalue weighted by molar-refractivity contribution is 5.88. The summed E-state index contributed by atoms with van der Waals surface area (Å²) in [6.07, 6.45) is 5.69. The van der Waals surface area contributed by atoms with Gasteiger partial charge in [0, 0.05) is 40.5 Å². The average molecular weight is 391 g/mol. The first kappa shape index (κ1) is 19.2. The molecule has 1 aliphatic rings. The van der Waals surface area contributed by atoms with Gasteiger partial charge in [-0.05, 0) is 69.4 Å². The number of fused-ring (bicyclic) bond motifs is 1. The largest absolute Gasteiger partial charge is 0.458 e. The molecule has 1 aliphatic carbocycles. The second-order valence-corrected chi connectivity index (χ2v) is 7.84. The fourth-order valence-corrected chi connectivity index (χ4v) is 3.86. The summed E-state index contributed by atoms with van der Waals surface area (Å²) in [4.78, 5) is 24.2.